The third-order valence-electron chi connectivity index (χ3n) is 4.71. The molecule has 0 saturated carbocycles. The highest BCUT2D eigenvalue weighted by Gasteiger charge is 2.13. The predicted molar refractivity (Wildman–Crippen MR) is 139 cm³/mol. The smallest absolute Gasteiger partial charge is 0.303 e. The Morgan fingerprint density at radius 2 is 1.08 bits per heavy atom. The predicted octanol–water partition coefficient (Wildman–Crippen LogP) is 0.863. The summed E-state index contributed by atoms with van der Waals surface area (Å²) in [6.07, 6.45) is 0.450. The van der Waals surface area contributed by atoms with Crippen LogP contribution in [0.5, 0.6) is 0 Å². The Balaban J connectivity index is 1.73. The van der Waals surface area contributed by atoms with Gasteiger partial charge in [-0.3, -0.25) is 13.8 Å². The Morgan fingerprint density at radius 3 is 1.54 bits per heavy atom. The number of ether oxygens (including phenoxy) is 6. The number of rotatable bonds is 27. The standard InChI is InChI=1S/C25H41NO12S/c27-24(7-8-25(28)29)26-9-4-10-32-11-12-33-13-14-34-15-16-35-17-18-36-19-20-37-21-22-38-39(30,31)23-5-2-1-3-6-23/h1-3,5-6H,4,7-22H2,(H,26,27)(H,28,29). The molecule has 2 N–H and O–H groups in total. The van der Waals surface area contributed by atoms with Gasteiger partial charge >= 0.3 is 5.97 Å². The number of carbonyl (C=O) groups excluding carboxylic acids is 1. The van der Waals surface area contributed by atoms with Gasteiger partial charge in [0.2, 0.25) is 5.91 Å². The molecule has 0 bridgehead atoms. The first kappa shape index (κ1) is 34.9. The maximum atomic E-state index is 11.9. The van der Waals surface area contributed by atoms with Gasteiger partial charge in [-0.15, -0.1) is 0 Å². The summed E-state index contributed by atoms with van der Waals surface area (Å²) in [5, 5.41) is 11.1. The van der Waals surface area contributed by atoms with Crippen molar-refractivity contribution in [1.82, 2.24) is 5.32 Å². The second-order valence-electron chi connectivity index (χ2n) is 7.86. The molecule has 0 unspecified atom stereocenters. The van der Waals surface area contributed by atoms with Crippen LogP contribution in [0.1, 0.15) is 19.3 Å². The summed E-state index contributed by atoms with van der Waals surface area (Å²) >= 11 is 0. The minimum atomic E-state index is -3.76. The highest BCUT2D eigenvalue weighted by Crippen LogP contribution is 2.10. The Labute approximate surface area is 230 Å². The van der Waals surface area contributed by atoms with Gasteiger partial charge in [-0.25, -0.2) is 0 Å². The number of hydrogen-bond acceptors (Lipinski definition) is 11. The molecule has 0 radical (unpaired) electrons. The zero-order valence-electron chi connectivity index (χ0n) is 22.3. The number of carbonyl (C=O) groups is 2. The van der Waals surface area contributed by atoms with Crippen LogP contribution in [-0.4, -0.2) is 118 Å². The van der Waals surface area contributed by atoms with Crippen LogP contribution in [0.4, 0.5) is 0 Å². The third-order valence-corrected chi connectivity index (χ3v) is 6.04. The fourth-order valence-corrected chi connectivity index (χ4v) is 3.68. The highest BCUT2D eigenvalue weighted by molar-refractivity contribution is 7.86. The summed E-state index contributed by atoms with van der Waals surface area (Å²) in [6, 6.07) is 7.93. The number of benzene rings is 1. The van der Waals surface area contributed by atoms with Crippen molar-refractivity contribution in [3.8, 4) is 0 Å². The van der Waals surface area contributed by atoms with Gasteiger partial charge in [0.05, 0.1) is 90.6 Å². The second kappa shape index (κ2) is 23.7. The highest BCUT2D eigenvalue weighted by atomic mass is 32.2. The molecule has 0 aliphatic heterocycles. The molecule has 0 atom stereocenters. The molecule has 0 heterocycles. The number of nitrogens with one attached hydrogen (secondary N) is 1. The fraction of sp³-hybridized carbons (Fsp3) is 0.680. The van der Waals surface area contributed by atoms with Crippen LogP contribution in [0.25, 0.3) is 0 Å². The molecule has 13 nitrogen and oxygen atoms in total. The van der Waals surface area contributed by atoms with E-state index in [1.54, 1.807) is 18.2 Å². The lowest BCUT2D eigenvalue weighted by atomic mass is 10.3. The number of aliphatic carboxylic acids is 1. The summed E-state index contributed by atoms with van der Waals surface area (Å²) in [7, 11) is -3.76. The van der Waals surface area contributed by atoms with Crippen LogP contribution in [0.15, 0.2) is 35.2 Å². The fourth-order valence-electron chi connectivity index (χ4n) is 2.77. The van der Waals surface area contributed by atoms with E-state index >= 15 is 0 Å². The summed E-state index contributed by atoms with van der Waals surface area (Å²) in [5.41, 5.74) is 0. The lowest BCUT2D eigenvalue weighted by Crippen LogP contribution is -2.25. The Bertz CT molecular complexity index is 854. The molecular formula is C25H41NO12S. The van der Waals surface area contributed by atoms with E-state index in [1.807, 2.05) is 0 Å². The molecule has 1 amide bonds. The van der Waals surface area contributed by atoms with Crippen molar-refractivity contribution in [3.05, 3.63) is 30.3 Å². The summed E-state index contributed by atoms with van der Waals surface area (Å²) < 4.78 is 61.0. The first-order chi connectivity index (χ1) is 18.9. The topological polar surface area (TPSA) is 165 Å². The third kappa shape index (κ3) is 21.3. The molecular weight excluding hydrogens is 538 g/mol. The van der Waals surface area contributed by atoms with Gasteiger partial charge in [0, 0.05) is 19.6 Å². The minimum Gasteiger partial charge on any atom is -0.481 e. The maximum absolute atomic E-state index is 11.9. The average molecular weight is 580 g/mol. The van der Waals surface area contributed by atoms with E-state index in [0.29, 0.717) is 85.6 Å². The van der Waals surface area contributed by atoms with Crippen LogP contribution in [0.3, 0.4) is 0 Å². The minimum absolute atomic E-state index is 0.0182. The molecule has 0 aromatic heterocycles. The zero-order valence-corrected chi connectivity index (χ0v) is 23.1. The first-order valence-electron chi connectivity index (χ1n) is 12.8. The molecule has 0 aliphatic carbocycles. The normalized spacial score (nSPS) is 11.5. The number of carboxylic acids is 1. The first-order valence-corrected chi connectivity index (χ1v) is 14.2. The Hall–Kier alpha value is -2.17. The number of amides is 1. The summed E-state index contributed by atoms with van der Waals surface area (Å²) in [4.78, 5) is 21.8. The van der Waals surface area contributed by atoms with E-state index in [9.17, 15) is 18.0 Å². The van der Waals surface area contributed by atoms with E-state index in [2.05, 4.69) is 5.32 Å². The van der Waals surface area contributed by atoms with Crippen LogP contribution in [-0.2, 0) is 52.3 Å². The molecule has 0 saturated heterocycles. The van der Waals surface area contributed by atoms with Gasteiger partial charge in [0.15, 0.2) is 0 Å². The van der Waals surface area contributed by atoms with Crippen LogP contribution in [0.2, 0.25) is 0 Å². The molecule has 1 aromatic carbocycles. The van der Waals surface area contributed by atoms with Gasteiger partial charge < -0.3 is 38.8 Å². The molecule has 224 valence electrons. The van der Waals surface area contributed by atoms with Crippen molar-refractivity contribution >= 4 is 22.0 Å². The largest absolute Gasteiger partial charge is 0.481 e. The molecule has 14 heteroatoms. The van der Waals surface area contributed by atoms with Crippen molar-refractivity contribution in [1.29, 1.82) is 0 Å². The zero-order chi connectivity index (χ0) is 28.4. The lowest BCUT2D eigenvalue weighted by molar-refractivity contribution is -0.138. The lowest BCUT2D eigenvalue weighted by Gasteiger charge is -2.09. The van der Waals surface area contributed by atoms with Crippen molar-refractivity contribution < 1.29 is 55.7 Å². The quantitative estimate of drug-likeness (QED) is 0.112. The van der Waals surface area contributed by atoms with Crippen LogP contribution < -0.4 is 5.32 Å². The monoisotopic (exact) mass is 579 g/mol. The molecule has 1 aromatic rings. The van der Waals surface area contributed by atoms with Gasteiger partial charge in [0.25, 0.3) is 10.1 Å². The number of hydrogen-bond donors (Lipinski definition) is 2. The van der Waals surface area contributed by atoms with Gasteiger partial charge in [0.1, 0.15) is 0 Å². The van der Waals surface area contributed by atoms with Gasteiger partial charge in [-0.05, 0) is 18.6 Å². The molecule has 39 heavy (non-hydrogen) atoms. The SMILES string of the molecule is O=C(O)CCC(=O)NCCCOCCOCCOCCOCCOCCOCCOS(=O)(=O)c1ccccc1. The average Bonchev–Trinajstić information content (AvgIpc) is 2.92. The van der Waals surface area contributed by atoms with Crippen molar-refractivity contribution in [2.75, 3.05) is 92.4 Å². The molecule has 0 spiro atoms. The Morgan fingerprint density at radius 1 is 0.641 bits per heavy atom. The van der Waals surface area contributed by atoms with Crippen molar-refractivity contribution in [2.45, 2.75) is 24.2 Å². The van der Waals surface area contributed by atoms with E-state index in [0.717, 1.165) is 0 Å². The van der Waals surface area contributed by atoms with Crippen LogP contribution in [0, 0.1) is 0 Å². The van der Waals surface area contributed by atoms with Crippen molar-refractivity contribution in [2.24, 2.45) is 0 Å². The summed E-state index contributed by atoms with van der Waals surface area (Å²) in [6.45, 7) is 5.11. The maximum Gasteiger partial charge on any atom is 0.303 e. The molecule has 0 fully saturated rings. The van der Waals surface area contributed by atoms with Crippen molar-refractivity contribution in [3.63, 3.8) is 0 Å². The summed E-state index contributed by atoms with van der Waals surface area (Å²) in [5.74, 6) is -1.27. The van der Waals surface area contributed by atoms with E-state index in [1.165, 1.54) is 12.1 Å². The van der Waals surface area contributed by atoms with Crippen LogP contribution >= 0.6 is 0 Å². The number of carboxylic acid groups (broad SMARTS) is 1. The van der Waals surface area contributed by atoms with E-state index < -0.39 is 16.1 Å². The van der Waals surface area contributed by atoms with Gasteiger partial charge in [-0.1, -0.05) is 18.2 Å². The van der Waals surface area contributed by atoms with E-state index in [-0.39, 0.29) is 36.9 Å². The molecule has 0 aliphatic rings. The second-order valence-corrected chi connectivity index (χ2v) is 9.48. The molecule has 1 rings (SSSR count). The Kier molecular flexibility index (Phi) is 21.2. The van der Waals surface area contributed by atoms with E-state index in [4.69, 9.17) is 37.7 Å². The van der Waals surface area contributed by atoms with Gasteiger partial charge in [-0.2, -0.15) is 8.42 Å².